The molecule has 134 valence electrons. The Hall–Kier alpha value is -2.11. The third-order valence-electron chi connectivity index (χ3n) is 4.29. The summed E-state index contributed by atoms with van der Waals surface area (Å²) in [7, 11) is 1.61. The van der Waals surface area contributed by atoms with Crippen molar-refractivity contribution in [3.05, 3.63) is 59.4 Å². The van der Waals surface area contributed by atoms with E-state index in [-0.39, 0.29) is 12.4 Å². The first kappa shape index (κ1) is 17.7. The summed E-state index contributed by atoms with van der Waals surface area (Å²) < 4.78 is 30.4. The molecule has 0 aromatic heterocycles. The van der Waals surface area contributed by atoms with Crippen LogP contribution in [0.3, 0.4) is 0 Å². The van der Waals surface area contributed by atoms with Gasteiger partial charge >= 0.3 is 0 Å². The number of hydrogen-bond acceptors (Lipinski definition) is 4. The maximum absolute atomic E-state index is 13.7. The summed E-state index contributed by atoms with van der Waals surface area (Å²) in [6, 6.07) is 12.4. The molecule has 0 radical (unpaired) electrons. The molecule has 25 heavy (non-hydrogen) atoms. The summed E-state index contributed by atoms with van der Waals surface area (Å²) in [6.07, 6.45) is 2.60. The van der Waals surface area contributed by atoms with Crippen LogP contribution in [0.5, 0.6) is 11.5 Å². The van der Waals surface area contributed by atoms with Crippen LogP contribution in [-0.2, 0) is 17.9 Å². The number of halogens is 1. The fourth-order valence-electron chi connectivity index (χ4n) is 2.89. The summed E-state index contributed by atoms with van der Waals surface area (Å²) >= 11 is 0. The van der Waals surface area contributed by atoms with Crippen molar-refractivity contribution in [2.24, 2.45) is 0 Å². The van der Waals surface area contributed by atoms with Crippen molar-refractivity contribution in [1.82, 2.24) is 5.32 Å². The number of nitrogens with one attached hydrogen (secondary N) is 1. The number of rotatable bonds is 8. The summed E-state index contributed by atoms with van der Waals surface area (Å²) in [4.78, 5) is 0. The van der Waals surface area contributed by atoms with Gasteiger partial charge in [-0.05, 0) is 36.6 Å². The maximum atomic E-state index is 13.7. The van der Waals surface area contributed by atoms with Gasteiger partial charge in [-0.25, -0.2) is 4.39 Å². The van der Waals surface area contributed by atoms with Gasteiger partial charge in [0.05, 0.1) is 13.2 Å². The Balaban J connectivity index is 1.56. The molecule has 0 spiro atoms. The van der Waals surface area contributed by atoms with Crippen LogP contribution in [0, 0.1) is 5.82 Å². The number of methoxy groups -OCH3 is 1. The topological polar surface area (TPSA) is 39.7 Å². The standard InChI is InChI=1S/C20H24FNO3/c1-23-20-11-15(12-22-13-17-6-4-10-24-17)8-9-19(20)25-14-16-5-2-3-7-18(16)21/h2-3,5,7-9,11,17,22H,4,6,10,12-14H2,1H3. The average molecular weight is 345 g/mol. The van der Waals surface area contributed by atoms with Crippen molar-refractivity contribution in [3.63, 3.8) is 0 Å². The van der Waals surface area contributed by atoms with Crippen LogP contribution in [0.15, 0.2) is 42.5 Å². The highest BCUT2D eigenvalue weighted by Crippen LogP contribution is 2.29. The van der Waals surface area contributed by atoms with E-state index in [1.807, 2.05) is 18.2 Å². The monoisotopic (exact) mass is 345 g/mol. The lowest BCUT2D eigenvalue weighted by Crippen LogP contribution is -2.25. The second-order valence-corrected chi connectivity index (χ2v) is 6.13. The largest absolute Gasteiger partial charge is 0.493 e. The van der Waals surface area contributed by atoms with E-state index in [0.717, 1.165) is 38.1 Å². The van der Waals surface area contributed by atoms with Gasteiger partial charge in [-0.1, -0.05) is 24.3 Å². The molecule has 1 saturated heterocycles. The molecule has 4 nitrogen and oxygen atoms in total. The molecule has 0 aliphatic carbocycles. The van der Waals surface area contributed by atoms with Gasteiger partial charge < -0.3 is 19.5 Å². The highest BCUT2D eigenvalue weighted by Gasteiger charge is 2.14. The second kappa shape index (κ2) is 8.83. The van der Waals surface area contributed by atoms with Crippen molar-refractivity contribution in [1.29, 1.82) is 0 Å². The summed E-state index contributed by atoms with van der Waals surface area (Å²) in [5.74, 6) is 0.984. The quantitative estimate of drug-likeness (QED) is 0.792. The number of hydrogen-bond donors (Lipinski definition) is 1. The lowest BCUT2D eigenvalue weighted by Gasteiger charge is -2.14. The maximum Gasteiger partial charge on any atom is 0.161 e. The predicted octanol–water partition coefficient (Wildman–Crippen LogP) is 3.68. The first-order valence-electron chi connectivity index (χ1n) is 8.61. The Kier molecular flexibility index (Phi) is 6.25. The van der Waals surface area contributed by atoms with Gasteiger partial charge in [-0.2, -0.15) is 0 Å². The van der Waals surface area contributed by atoms with Crippen molar-refractivity contribution >= 4 is 0 Å². The molecule has 5 heteroatoms. The molecule has 1 atom stereocenters. The van der Waals surface area contributed by atoms with E-state index in [2.05, 4.69) is 5.32 Å². The zero-order valence-electron chi connectivity index (χ0n) is 14.5. The zero-order valence-corrected chi connectivity index (χ0v) is 14.5. The Morgan fingerprint density at radius 1 is 1.20 bits per heavy atom. The van der Waals surface area contributed by atoms with Crippen LogP contribution in [0.25, 0.3) is 0 Å². The molecule has 0 amide bonds. The second-order valence-electron chi connectivity index (χ2n) is 6.13. The molecule has 1 aliphatic rings. The average Bonchev–Trinajstić information content (AvgIpc) is 3.15. The smallest absolute Gasteiger partial charge is 0.161 e. The Morgan fingerprint density at radius 2 is 2.08 bits per heavy atom. The van der Waals surface area contributed by atoms with Crippen LogP contribution in [0.4, 0.5) is 4.39 Å². The Labute approximate surface area is 147 Å². The first-order valence-corrected chi connectivity index (χ1v) is 8.61. The van der Waals surface area contributed by atoms with Gasteiger partial charge in [0.25, 0.3) is 0 Å². The number of ether oxygens (including phenoxy) is 3. The van der Waals surface area contributed by atoms with Crippen molar-refractivity contribution < 1.29 is 18.6 Å². The fraction of sp³-hybridized carbons (Fsp3) is 0.400. The summed E-state index contributed by atoms with van der Waals surface area (Å²) in [6.45, 7) is 2.63. The van der Waals surface area contributed by atoms with Crippen LogP contribution in [-0.4, -0.2) is 26.4 Å². The third-order valence-corrected chi connectivity index (χ3v) is 4.29. The molecule has 0 saturated carbocycles. The third kappa shape index (κ3) is 4.94. The van der Waals surface area contributed by atoms with Gasteiger partial charge in [0.2, 0.25) is 0 Å². The molecule has 0 bridgehead atoms. The lowest BCUT2D eigenvalue weighted by atomic mass is 10.2. The fourth-order valence-corrected chi connectivity index (χ4v) is 2.89. The van der Waals surface area contributed by atoms with Gasteiger partial charge in [-0.15, -0.1) is 0 Å². The van der Waals surface area contributed by atoms with Gasteiger partial charge in [0.15, 0.2) is 11.5 Å². The van der Waals surface area contributed by atoms with E-state index in [9.17, 15) is 4.39 Å². The Bertz CT molecular complexity index is 686. The first-order chi connectivity index (χ1) is 12.3. The SMILES string of the molecule is COc1cc(CNCC2CCCO2)ccc1OCc1ccccc1F. The van der Waals surface area contributed by atoms with Crippen molar-refractivity contribution in [2.75, 3.05) is 20.3 Å². The normalized spacial score (nSPS) is 16.8. The minimum absolute atomic E-state index is 0.166. The minimum atomic E-state index is -0.267. The number of benzene rings is 2. The van der Waals surface area contributed by atoms with Crippen LogP contribution < -0.4 is 14.8 Å². The molecule has 1 unspecified atom stereocenters. The van der Waals surface area contributed by atoms with E-state index in [1.54, 1.807) is 25.3 Å². The van der Waals surface area contributed by atoms with Crippen molar-refractivity contribution in [2.45, 2.75) is 32.1 Å². The van der Waals surface area contributed by atoms with Crippen LogP contribution in [0.2, 0.25) is 0 Å². The minimum Gasteiger partial charge on any atom is -0.493 e. The molecular weight excluding hydrogens is 321 g/mol. The lowest BCUT2D eigenvalue weighted by molar-refractivity contribution is 0.110. The molecule has 1 N–H and O–H groups in total. The predicted molar refractivity (Wildman–Crippen MR) is 94.4 cm³/mol. The highest BCUT2D eigenvalue weighted by molar-refractivity contribution is 5.43. The molecule has 3 rings (SSSR count). The van der Waals surface area contributed by atoms with Gasteiger partial charge in [-0.3, -0.25) is 0 Å². The molecule has 1 heterocycles. The van der Waals surface area contributed by atoms with E-state index in [1.165, 1.54) is 6.07 Å². The van der Waals surface area contributed by atoms with E-state index in [4.69, 9.17) is 14.2 Å². The van der Waals surface area contributed by atoms with E-state index in [0.29, 0.717) is 23.2 Å². The van der Waals surface area contributed by atoms with Gasteiger partial charge in [0.1, 0.15) is 12.4 Å². The van der Waals surface area contributed by atoms with Crippen molar-refractivity contribution in [3.8, 4) is 11.5 Å². The highest BCUT2D eigenvalue weighted by atomic mass is 19.1. The van der Waals surface area contributed by atoms with E-state index < -0.39 is 0 Å². The molecule has 1 aliphatic heterocycles. The molecule has 2 aromatic rings. The van der Waals surface area contributed by atoms with Crippen LogP contribution >= 0.6 is 0 Å². The Morgan fingerprint density at radius 3 is 2.84 bits per heavy atom. The van der Waals surface area contributed by atoms with E-state index >= 15 is 0 Å². The molecule has 1 fully saturated rings. The molecular formula is C20H24FNO3. The summed E-state index contributed by atoms with van der Waals surface area (Å²) in [5, 5.41) is 3.41. The van der Waals surface area contributed by atoms with Crippen LogP contribution in [0.1, 0.15) is 24.0 Å². The summed E-state index contributed by atoms with van der Waals surface area (Å²) in [5.41, 5.74) is 1.62. The molecule has 2 aromatic carbocycles. The zero-order chi connectivity index (χ0) is 17.5. The van der Waals surface area contributed by atoms with Gasteiger partial charge in [0, 0.05) is 25.3 Å².